The van der Waals surface area contributed by atoms with Crippen LogP contribution in [0, 0.1) is 6.92 Å². The summed E-state index contributed by atoms with van der Waals surface area (Å²) < 4.78 is 2.27. The first-order valence-corrected chi connectivity index (χ1v) is 10.4. The van der Waals surface area contributed by atoms with E-state index in [1.807, 2.05) is 12.3 Å². The topological polar surface area (TPSA) is 17.8 Å². The molecule has 0 N–H and O–H groups in total. The summed E-state index contributed by atoms with van der Waals surface area (Å²) >= 11 is 0. The van der Waals surface area contributed by atoms with Gasteiger partial charge in [0.15, 0.2) is 0 Å². The molecule has 4 rings (SSSR count). The van der Waals surface area contributed by atoms with Gasteiger partial charge in [-0.15, -0.1) is 0 Å². The lowest BCUT2D eigenvalue weighted by atomic mass is 9.91. The molecule has 2 nitrogen and oxygen atoms in total. The molecular formula is C27H28N2. The Hall–Kier alpha value is -3.13. The number of hydrogen-bond donors (Lipinski definition) is 0. The number of nitrogens with zero attached hydrogens (tertiary/aromatic N) is 2. The summed E-state index contributed by atoms with van der Waals surface area (Å²) in [5.41, 5.74) is 8.96. The molecule has 29 heavy (non-hydrogen) atoms. The zero-order chi connectivity index (χ0) is 20.4. The summed E-state index contributed by atoms with van der Waals surface area (Å²) in [7, 11) is 0. The van der Waals surface area contributed by atoms with Crippen LogP contribution in [0.2, 0.25) is 0 Å². The highest BCUT2D eigenvalue weighted by Gasteiger charge is 2.18. The van der Waals surface area contributed by atoms with Crippen LogP contribution < -0.4 is 0 Å². The van der Waals surface area contributed by atoms with E-state index in [1.54, 1.807) is 0 Å². The molecule has 0 atom stereocenters. The van der Waals surface area contributed by atoms with Crippen molar-refractivity contribution in [2.24, 2.45) is 0 Å². The monoisotopic (exact) mass is 380 g/mol. The molecule has 3 aromatic carbocycles. The van der Waals surface area contributed by atoms with Gasteiger partial charge in [-0.05, 0) is 53.6 Å². The minimum absolute atomic E-state index is 0.409. The van der Waals surface area contributed by atoms with Crippen LogP contribution in [-0.2, 0) is 6.42 Å². The summed E-state index contributed by atoms with van der Waals surface area (Å²) in [6, 6.07) is 24.0. The highest BCUT2D eigenvalue weighted by atomic mass is 15.1. The number of imidazole rings is 1. The molecule has 0 aliphatic rings. The van der Waals surface area contributed by atoms with E-state index in [4.69, 9.17) is 4.98 Å². The van der Waals surface area contributed by atoms with Crippen LogP contribution in [-0.4, -0.2) is 9.55 Å². The summed E-state index contributed by atoms with van der Waals surface area (Å²) in [6.45, 7) is 8.92. The maximum absolute atomic E-state index is 4.69. The Morgan fingerprint density at radius 3 is 2.24 bits per heavy atom. The van der Waals surface area contributed by atoms with Crippen LogP contribution in [0.5, 0.6) is 0 Å². The van der Waals surface area contributed by atoms with Gasteiger partial charge in [0, 0.05) is 18.0 Å². The molecule has 0 unspecified atom stereocenters. The van der Waals surface area contributed by atoms with Crippen LogP contribution in [0.25, 0.3) is 28.2 Å². The molecule has 0 amide bonds. The first kappa shape index (κ1) is 19.2. The smallest absolute Gasteiger partial charge is 0.144 e. The number of rotatable bonds is 5. The fourth-order valence-corrected chi connectivity index (χ4v) is 3.92. The molecule has 0 aliphatic heterocycles. The Balaban J connectivity index is 1.93. The fourth-order valence-electron chi connectivity index (χ4n) is 3.92. The minimum Gasteiger partial charge on any atom is -0.299 e. The Morgan fingerprint density at radius 1 is 0.862 bits per heavy atom. The van der Waals surface area contributed by atoms with Crippen LogP contribution in [0.3, 0.4) is 0 Å². The van der Waals surface area contributed by atoms with Gasteiger partial charge < -0.3 is 0 Å². The van der Waals surface area contributed by atoms with Gasteiger partial charge in [-0.25, -0.2) is 4.98 Å². The Morgan fingerprint density at radius 2 is 1.59 bits per heavy atom. The number of hydrogen-bond acceptors (Lipinski definition) is 1. The van der Waals surface area contributed by atoms with E-state index >= 15 is 0 Å². The van der Waals surface area contributed by atoms with Gasteiger partial charge in [0.25, 0.3) is 0 Å². The first-order chi connectivity index (χ1) is 14.1. The first-order valence-electron chi connectivity index (χ1n) is 10.4. The van der Waals surface area contributed by atoms with Crippen molar-refractivity contribution in [3.8, 4) is 28.2 Å². The van der Waals surface area contributed by atoms with Crippen molar-refractivity contribution in [1.82, 2.24) is 9.55 Å². The molecule has 0 saturated carbocycles. The average Bonchev–Trinajstić information content (AvgIpc) is 3.23. The van der Waals surface area contributed by atoms with Crippen LogP contribution in [0.4, 0.5) is 0 Å². The van der Waals surface area contributed by atoms with Gasteiger partial charge in [-0.2, -0.15) is 0 Å². The third kappa shape index (κ3) is 3.75. The molecule has 4 aromatic rings. The van der Waals surface area contributed by atoms with Crippen molar-refractivity contribution in [2.75, 3.05) is 0 Å². The summed E-state index contributed by atoms with van der Waals surface area (Å²) in [4.78, 5) is 4.69. The fraction of sp³-hybridized carbons (Fsp3) is 0.222. The Kier molecular flexibility index (Phi) is 5.35. The lowest BCUT2D eigenvalue weighted by molar-refractivity contribution is 0.839. The quantitative estimate of drug-likeness (QED) is 0.358. The Bertz CT molecular complexity index is 1100. The van der Waals surface area contributed by atoms with E-state index in [2.05, 4.69) is 99.1 Å². The second-order valence-corrected chi connectivity index (χ2v) is 7.93. The number of benzene rings is 3. The SMILES string of the molecule is CCc1cc(-c2ccc(C)cc2)cc(C(C)C)c1-n1ccnc1-c1ccccc1. The maximum atomic E-state index is 4.69. The summed E-state index contributed by atoms with van der Waals surface area (Å²) in [5, 5.41) is 0. The van der Waals surface area contributed by atoms with Crippen LogP contribution >= 0.6 is 0 Å². The van der Waals surface area contributed by atoms with Crippen LogP contribution in [0.1, 0.15) is 43.4 Å². The molecular weight excluding hydrogens is 352 g/mol. The molecule has 1 aromatic heterocycles. The van der Waals surface area contributed by atoms with Gasteiger partial charge >= 0.3 is 0 Å². The van der Waals surface area contributed by atoms with Gasteiger partial charge in [0.1, 0.15) is 5.82 Å². The third-order valence-corrected chi connectivity index (χ3v) is 5.52. The van der Waals surface area contributed by atoms with Crippen molar-refractivity contribution in [2.45, 2.75) is 40.0 Å². The molecule has 0 fully saturated rings. The number of aromatic nitrogens is 2. The summed E-state index contributed by atoms with van der Waals surface area (Å²) in [5.74, 6) is 1.40. The molecule has 2 heteroatoms. The Labute approximate surface area is 173 Å². The largest absolute Gasteiger partial charge is 0.299 e. The zero-order valence-electron chi connectivity index (χ0n) is 17.7. The van der Waals surface area contributed by atoms with E-state index < -0.39 is 0 Å². The molecule has 0 radical (unpaired) electrons. The van der Waals surface area contributed by atoms with E-state index in [1.165, 1.54) is 33.5 Å². The lowest BCUT2D eigenvalue weighted by Gasteiger charge is -2.21. The van der Waals surface area contributed by atoms with Gasteiger partial charge in [0.2, 0.25) is 0 Å². The van der Waals surface area contributed by atoms with E-state index in [0.717, 1.165) is 17.8 Å². The normalized spacial score (nSPS) is 11.2. The molecule has 1 heterocycles. The van der Waals surface area contributed by atoms with Gasteiger partial charge in [0.05, 0.1) is 5.69 Å². The molecule has 0 spiro atoms. The molecule has 0 aliphatic carbocycles. The van der Waals surface area contributed by atoms with E-state index in [0.29, 0.717) is 5.92 Å². The van der Waals surface area contributed by atoms with Gasteiger partial charge in [-0.3, -0.25) is 4.57 Å². The van der Waals surface area contributed by atoms with Crippen molar-refractivity contribution in [3.63, 3.8) is 0 Å². The standard InChI is InChI=1S/C27H28N2/c1-5-21-17-24(22-13-11-20(4)12-14-22)18-25(19(2)3)26(21)29-16-15-28-27(29)23-9-7-6-8-10-23/h6-19H,5H2,1-4H3. The van der Waals surface area contributed by atoms with Crippen molar-refractivity contribution < 1.29 is 0 Å². The number of aryl methyl sites for hydroxylation is 2. The highest BCUT2D eigenvalue weighted by molar-refractivity contribution is 5.71. The predicted molar refractivity (Wildman–Crippen MR) is 123 cm³/mol. The predicted octanol–water partition coefficient (Wildman–Crippen LogP) is 7.20. The minimum atomic E-state index is 0.409. The van der Waals surface area contributed by atoms with Crippen molar-refractivity contribution in [3.05, 3.63) is 95.8 Å². The van der Waals surface area contributed by atoms with E-state index in [9.17, 15) is 0 Å². The van der Waals surface area contributed by atoms with Crippen LogP contribution in [0.15, 0.2) is 79.1 Å². The van der Waals surface area contributed by atoms with Crippen molar-refractivity contribution >= 4 is 0 Å². The second-order valence-electron chi connectivity index (χ2n) is 7.93. The molecule has 0 saturated heterocycles. The lowest BCUT2D eigenvalue weighted by Crippen LogP contribution is -2.07. The van der Waals surface area contributed by atoms with E-state index in [-0.39, 0.29) is 0 Å². The van der Waals surface area contributed by atoms with Crippen molar-refractivity contribution in [1.29, 1.82) is 0 Å². The third-order valence-electron chi connectivity index (χ3n) is 5.52. The second kappa shape index (κ2) is 8.08. The zero-order valence-corrected chi connectivity index (χ0v) is 17.7. The average molecular weight is 381 g/mol. The maximum Gasteiger partial charge on any atom is 0.144 e. The molecule has 0 bridgehead atoms. The van der Waals surface area contributed by atoms with Gasteiger partial charge in [-0.1, -0.05) is 80.9 Å². The summed E-state index contributed by atoms with van der Waals surface area (Å²) in [6.07, 6.45) is 4.97. The highest BCUT2D eigenvalue weighted by Crippen LogP contribution is 2.35. The molecule has 146 valence electrons.